The van der Waals surface area contributed by atoms with Crippen LogP contribution >= 0.6 is 0 Å². The molecule has 0 aromatic rings. The van der Waals surface area contributed by atoms with Crippen LogP contribution in [0.25, 0.3) is 0 Å². The van der Waals surface area contributed by atoms with Gasteiger partial charge in [0.2, 0.25) is 8.32 Å². The van der Waals surface area contributed by atoms with E-state index in [4.69, 9.17) is 13.9 Å². The highest BCUT2D eigenvalue weighted by Crippen LogP contribution is 2.26. The van der Waals surface area contributed by atoms with Gasteiger partial charge in [0.25, 0.3) is 0 Å². The van der Waals surface area contributed by atoms with Crippen molar-refractivity contribution >= 4 is 8.32 Å². The van der Waals surface area contributed by atoms with E-state index in [1.165, 1.54) is 0 Å². The van der Waals surface area contributed by atoms with Crippen LogP contribution in [0, 0.1) is 0 Å². The van der Waals surface area contributed by atoms with Gasteiger partial charge in [0.05, 0.1) is 6.61 Å². The van der Waals surface area contributed by atoms with Crippen molar-refractivity contribution in [2.24, 2.45) is 0 Å². The summed E-state index contributed by atoms with van der Waals surface area (Å²) in [6, 6.07) is 0. The van der Waals surface area contributed by atoms with Crippen molar-refractivity contribution in [2.45, 2.75) is 45.2 Å². The van der Waals surface area contributed by atoms with E-state index in [0.717, 1.165) is 26.2 Å². The van der Waals surface area contributed by atoms with Crippen molar-refractivity contribution in [3.63, 3.8) is 0 Å². The summed E-state index contributed by atoms with van der Waals surface area (Å²) in [7, 11) is -1.72. The zero-order valence-electron chi connectivity index (χ0n) is 9.71. The lowest BCUT2D eigenvalue weighted by Gasteiger charge is -2.30. The topological polar surface area (TPSA) is 31.0 Å². The predicted molar refractivity (Wildman–Crippen MR) is 58.9 cm³/mol. The Balaban J connectivity index is 2.46. The molecule has 0 N–H and O–H groups in total. The van der Waals surface area contributed by atoms with Crippen molar-refractivity contribution in [3.8, 4) is 0 Å². The van der Waals surface area contributed by atoms with Crippen molar-refractivity contribution in [1.82, 2.24) is 0 Å². The van der Waals surface area contributed by atoms with Gasteiger partial charge in [-0.05, 0) is 26.4 Å². The standard InChI is InChI=1S/C10H22O3Si/c1-5-7-11-10(9-8-12-9)14(3,4)13-6-2/h9-10H,5-8H2,1-4H3. The molecule has 2 unspecified atom stereocenters. The second kappa shape index (κ2) is 5.26. The first kappa shape index (κ1) is 12.2. The van der Waals surface area contributed by atoms with Gasteiger partial charge in [-0.1, -0.05) is 6.92 Å². The molecule has 0 bridgehead atoms. The molecular formula is C10H22O3Si. The minimum Gasteiger partial charge on any atom is -0.415 e. The molecule has 1 saturated heterocycles. The van der Waals surface area contributed by atoms with Crippen molar-refractivity contribution in [1.29, 1.82) is 0 Å². The first-order valence-electron chi connectivity index (χ1n) is 5.49. The Morgan fingerprint density at radius 3 is 2.50 bits per heavy atom. The smallest absolute Gasteiger partial charge is 0.218 e. The lowest BCUT2D eigenvalue weighted by atomic mass is 10.5. The summed E-state index contributed by atoms with van der Waals surface area (Å²) in [4.78, 5) is 0. The third-order valence-corrected chi connectivity index (χ3v) is 5.34. The van der Waals surface area contributed by atoms with E-state index in [1.54, 1.807) is 0 Å². The molecule has 1 heterocycles. The first-order chi connectivity index (χ1) is 6.61. The molecule has 84 valence electrons. The van der Waals surface area contributed by atoms with Gasteiger partial charge in [-0.2, -0.15) is 0 Å². The molecule has 0 amide bonds. The van der Waals surface area contributed by atoms with Gasteiger partial charge < -0.3 is 13.9 Å². The van der Waals surface area contributed by atoms with Crippen LogP contribution < -0.4 is 0 Å². The Kier molecular flexibility index (Phi) is 4.57. The fourth-order valence-electron chi connectivity index (χ4n) is 1.68. The molecule has 0 spiro atoms. The molecule has 1 fully saturated rings. The van der Waals surface area contributed by atoms with Crippen LogP contribution in [-0.4, -0.2) is 40.0 Å². The fourth-order valence-corrected chi connectivity index (χ4v) is 4.20. The minimum atomic E-state index is -1.72. The number of ether oxygens (including phenoxy) is 2. The van der Waals surface area contributed by atoms with Crippen molar-refractivity contribution in [3.05, 3.63) is 0 Å². The summed E-state index contributed by atoms with van der Waals surface area (Å²) in [5.41, 5.74) is 0.211. The monoisotopic (exact) mass is 218 g/mol. The molecule has 1 aliphatic heterocycles. The fraction of sp³-hybridized carbons (Fsp3) is 1.00. The molecule has 0 aliphatic carbocycles. The SMILES string of the molecule is CCCOC(C1CO1)[Si](C)(C)OCC. The van der Waals surface area contributed by atoms with E-state index < -0.39 is 8.32 Å². The Hall–Kier alpha value is 0.0969. The molecule has 3 nitrogen and oxygen atoms in total. The minimum absolute atomic E-state index is 0.211. The Bertz CT molecular complexity index is 169. The second-order valence-electron chi connectivity index (χ2n) is 4.20. The van der Waals surface area contributed by atoms with Gasteiger partial charge in [-0.15, -0.1) is 0 Å². The summed E-state index contributed by atoms with van der Waals surface area (Å²) in [5.74, 6) is 0. The van der Waals surface area contributed by atoms with Crippen LogP contribution in [0.4, 0.5) is 0 Å². The molecule has 14 heavy (non-hydrogen) atoms. The van der Waals surface area contributed by atoms with Crippen LogP contribution in [0.1, 0.15) is 20.3 Å². The normalized spacial score (nSPS) is 23.6. The van der Waals surface area contributed by atoms with Gasteiger partial charge in [0, 0.05) is 13.2 Å². The highest BCUT2D eigenvalue weighted by molar-refractivity contribution is 6.72. The molecular weight excluding hydrogens is 196 g/mol. The van der Waals surface area contributed by atoms with Crippen LogP contribution in [-0.2, 0) is 13.9 Å². The lowest BCUT2D eigenvalue weighted by Crippen LogP contribution is -2.50. The molecule has 1 aliphatic rings. The summed E-state index contributed by atoms with van der Waals surface area (Å²) < 4.78 is 17.0. The summed E-state index contributed by atoms with van der Waals surface area (Å²) in [6.45, 7) is 11.0. The van der Waals surface area contributed by atoms with E-state index >= 15 is 0 Å². The number of rotatable bonds is 7. The van der Waals surface area contributed by atoms with E-state index in [0.29, 0.717) is 6.10 Å². The summed E-state index contributed by atoms with van der Waals surface area (Å²) in [5, 5.41) is 0. The molecule has 1 rings (SSSR count). The third-order valence-electron chi connectivity index (χ3n) is 2.40. The second-order valence-corrected chi connectivity index (χ2v) is 8.26. The molecule has 0 saturated carbocycles. The molecule has 0 aromatic carbocycles. The number of hydrogen-bond donors (Lipinski definition) is 0. The Morgan fingerprint density at radius 1 is 1.43 bits per heavy atom. The van der Waals surface area contributed by atoms with Gasteiger partial charge in [0.15, 0.2) is 0 Å². The maximum Gasteiger partial charge on any atom is 0.218 e. The van der Waals surface area contributed by atoms with Crippen LogP contribution in [0.2, 0.25) is 13.1 Å². The number of hydrogen-bond acceptors (Lipinski definition) is 3. The van der Waals surface area contributed by atoms with Gasteiger partial charge >= 0.3 is 0 Å². The average molecular weight is 218 g/mol. The average Bonchev–Trinajstić information content (AvgIpc) is 2.88. The van der Waals surface area contributed by atoms with Crippen LogP contribution in [0.3, 0.4) is 0 Å². The quantitative estimate of drug-likeness (QED) is 0.483. The third kappa shape index (κ3) is 3.35. The largest absolute Gasteiger partial charge is 0.415 e. The molecule has 0 aromatic heterocycles. The maximum absolute atomic E-state index is 5.84. The Morgan fingerprint density at radius 2 is 2.07 bits per heavy atom. The molecule has 2 atom stereocenters. The summed E-state index contributed by atoms with van der Waals surface area (Å²) >= 11 is 0. The zero-order chi connectivity index (χ0) is 10.6. The first-order valence-corrected chi connectivity index (χ1v) is 8.47. The highest BCUT2D eigenvalue weighted by Gasteiger charge is 2.46. The van der Waals surface area contributed by atoms with E-state index in [9.17, 15) is 0 Å². The number of epoxide rings is 1. The van der Waals surface area contributed by atoms with E-state index in [1.807, 2.05) is 6.92 Å². The van der Waals surface area contributed by atoms with Crippen molar-refractivity contribution < 1.29 is 13.9 Å². The predicted octanol–water partition coefficient (Wildman–Crippen LogP) is 1.96. The van der Waals surface area contributed by atoms with Gasteiger partial charge in [0.1, 0.15) is 11.8 Å². The molecule has 4 heteroatoms. The summed E-state index contributed by atoms with van der Waals surface area (Å²) in [6.07, 6.45) is 1.36. The van der Waals surface area contributed by atoms with E-state index in [2.05, 4.69) is 20.0 Å². The van der Waals surface area contributed by atoms with Crippen molar-refractivity contribution in [2.75, 3.05) is 19.8 Å². The van der Waals surface area contributed by atoms with Crippen LogP contribution in [0.15, 0.2) is 0 Å². The maximum atomic E-state index is 5.84. The van der Waals surface area contributed by atoms with Crippen LogP contribution in [0.5, 0.6) is 0 Å². The van der Waals surface area contributed by atoms with E-state index in [-0.39, 0.29) is 5.73 Å². The molecule has 0 radical (unpaired) electrons. The van der Waals surface area contributed by atoms with Gasteiger partial charge in [-0.25, -0.2) is 0 Å². The Labute approximate surface area is 87.9 Å². The highest BCUT2D eigenvalue weighted by atomic mass is 28.4. The van der Waals surface area contributed by atoms with Gasteiger partial charge in [-0.3, -0.25) is 0 Å². The zero-order valence-corrected chi connectivity index (χ0v) is 10.7. The lowest BCUT2D eigenvalue weighted by molar-refractivity contribution is 0.0639.